The van der Waals surface area contributed by atoms with Gasteiger partial charge in [0.05, 0.1) is 0 Å². The van der Waals surface area contributed by atoms with E-state index in [0.29, 0.717) is 17.1 Å². The first-order valence-corrected chi connectivity index (χ1v) is 7.70. The number of hydrogen-bond donors (Lipinski definition) is 0. The van der Waals surface area contributed by atoms with Crippen LogP contribution in [0.3, 0.4) is 0 Å². The third kappa shape index (κ3) is 4.99. The second kappa shape index (κ2) is 9.46. The predicted molar refractivity (Wildman–Crippen MR) is 93.7 cm³/mol. The van der Waals surface area contributed by atoms with Crippen LogP contribution in [0, 0.1) is 0 Å². The number of rotatable bonds is 5. The van der Waals surface area contributed by atoms with Crippen molar-refractivity contribution < 1.29 is 60.9 Å². The van der Waals surface area contributed by atoms with Gasteiger partial charge in [0.1, 0.15) is 18.6 Å². The Kier molecular flexibility index (Phi) is 7.62. The molecule has 24 heavy (non-hydrogen) atoms. The zero-order valence-electron chi connectivity index (χ0n) is 13.4. The smallest absolute Gasteiger partial charge is 0.779 e. The summed E-state index contributed by atoms with van der Waals surface area (Å²) in [5, 5.41) is 0. The van der Waals surface area contributed by atoms with Crippen molar-refractivity contribution in [2.75, 3.05) is 0 Å². The second-order valence-electron chi connectivity index (χ2n) is 5.17. The van der Waals surface area contributed by atoms with Crippen LogP contribution in [-0.4, -0.2) is 6.29 Å². The van der Waals surface area contributed by atoms with Gasteiger partial charge in [-0.1, -0.05) is 60.7 Å². The Bertz CT molecular complexity index is 819. The Hall–Kier alpha value is -1.01. The van der Waals surface area contributed by atoms with Gasteiger partial charge in [0, 0.05) is 0 Å². The molecule has 3 aromatic rings. The van der Waals surface area contributed by atoms with Crippen LogP contribution in [0.5, 0.6) is 5.75 Å². The normalized spacial score (nSPS) is 9.83. The Morgan fingerprint density at radius 3 is 2.33 bits per heavy atom. The number of ether oxygens (including phenoxy) is 1. The molecule has 0 aliphatic carbocycles. The van der Waals surface area contributed by atoms with Crippen molar-refractivity contribution >= 4 is 18.9 Å². The molecule has 0 spiro atoms. The molecule has 0 amide bonds. The number of aldehydes is 1. The van der Waals surface area contributed by atoms with Crippen LogP contribution < -0.4 is 56.1 Å². The summed E-state index contributed by atoms with van der Waals surface area (Å²) in [6.07, 6.45) is 0.783. The van der Waals surface area contributed by atoms with Gasteiger partial charge in [0.15, 0.2) is 0 Å². The van der Waals surface area contributed by atoms with E-state index >= 15 is 0 Å². The molecule has 0 N–H and O–H groups in total. The van der Waals surface area contributed by atoms with Crippen LogP contribution in [0.25, 0.3) is 11.1 Å². The maximum absolute atomic E-state index is 10.9. The van der Waals surface area contributed by atoms with E-state index in [2.05, 4.69) is 0 Å². The van der Waals surface area contributed by atoms with Crippen LogP contribution in [0.4, 0.5) is 0 Å². The van der Waals surface area contributed by atoms with Crippen LogP contribution in [-0.2, 0) is 19.2 Å². The molecule has 4 heteroatoms. The van der Waals surface area contributed by atoms with E-state index in [4.69, 9.17) is 17.4 Å². The molecule has 0 saturated heterocycles. The minimum absolute atomic E-state index is 0. The summed E-state index contributed by atoms with van der Waals surface area (Å²) in [6.45, 7) is 0.528. The molecule has 114 valence electrons. The standard InChI is InChI=1S/C20H16O2S.K/c21-13-18-10-9-17(12-20(18)23)16-7-4-8-19(11-16)22-14-15-5-2-1-3-6-15;/h1-13,23H,14H2;/q;+1/p-1. The fourth-order valence-corrected chi connectivity index (χ4v) is 2.56. The monoisotopic (exact) mass is 358 g/mol. The van der Waals surface area contributed by atoms with Crippen LogP contribution in [0.1, 0.15) is 15.9 Å². The van der Waals surface area contributed by atoms with Crippen molar-refractivity contribution in [2.24, 2.45) is 0 Å². The summed E-state index contributed by atoms with van der Waals surface area (Å²) >= 11 is 5.22. The van der Waals surface area contributed by atoms with Gasteiger partial charge in [-0.3, -0.25) is 4.79 Å². The average Bonchev–Trinajstić information content (AvgIpc) is 2.61. The minimum atomic E-state index is 0. The summed E-state index contributed by atoms with van der Waals surface area (Å²) in [4.78, 5) is 11.4. The number of carbonyl (C=O) groups excluding carboxylic acids is 1. The van der Waals surface area contributed by atoms with E-state index in [1.165, 1.54) is 0 Å². The third-order valence-electron chi connectivity index (χ3n) is 3.56. The molecular formula is C20H15KO2S. The van der Waals surface area contributed by atoms with E-state index in [9.17, 15) is 4.79 Å². The molecular weight excluding hydrogens is 343 g/mol. The zero-order valence-corrected chi connectivity index (χ0v) is 17.4. The van der Waals surface area contributed by atoms with Crippen molar-refractivity contribution in [1.82, 2.24) is 0 Å². The first-order chi connectivity index (χ1) is 11.3. The largest absolute Gasteiger partial charge is 1.00 e. The maximum atomic E-state index is 10.9. The van der Waals surface area contributed by atoms with Gasteiger partial charge in [0.25, 0.3) is 0 Å². The fraction of sp³-hybridized carbons (Fsp3) is 0.0500. The van der Waals surface area contributed by atoms with Gasteiger partial charge in [-0.05, 0) is 34.4 Å². The van der Waals surface area contributed by atoms with E-state index in [-0.39, 0.29) is 51.4 Å². The first kappa shape index (κ1) is 19.3. The molecule has 0 bridgehead atoms. The summed E-state index contributed by atoms with van der Waals surface area (Å²) in [5.74, 6) is 0.803. The van der Waals surface area contributed by atoms with Crippen molar-refractivity contribution in [3.8, 4) is 16.9 Å². The van der Waals surface area contributed by atoms with Gasteiger partial charge in [-0.15, -0.1) is 0 Å². The quantitative estimate of drug-likeness (QED) is 0.394. The van der Waals surface area contributed by atoms with Gasteiger partial charge in [-0.25, -0.2) is 0 Å². The van der Waals surface area contributed by atoms with E-state index in [1.54, 1.807) is 6.07 Å². The number of benzene rings is 3. The molecule has 0 aliphatic rings. The maximum Gasteiger partial charge on any atom is 1.00 e. The Balaban J connectivity index is 0.00000208. The van der Waals surface area contributed by atoms with Crippen molar-refractivity contribution in [2.45, 2.75) is 11.5 Å². The number of hydrogen-bond acceptors (Lipinski definition) is 3. The van der Waals surface area contributed by atoms with Crippen LogP contribution in [0.15, 0.2) is 77.7 Å². The summed E-state index contributed by atoms with van der Waals surface area (Å²) < 4.78 is 5.85. The van der Waals surface area contributed by atoms with E-state index in [0.717, 1.165) is 28.7 Å². The molecule has 0 heterocycles. The molecule has 0 aromatic heterocycles. The van der Waals surface area contributed by atoms with Gasteiger partial charge in [-0.2, -0.15) is 4.90 Å². The van der Waals surface area contributed by atoms with Crippen molar-refractivity contribution in [1.29, 1.82) is 0 Å². The van der Waals surface area contributed by atoms with Crippen molar-refractivity contribution in [3.05, 3.63) is 83.9 Å². The molecule has 0 radical (unpaired) electrons. The minimum Gasteiger partial charge on any atom is -0.779 e. The fourth-order valence-electron chi connectivity index (χ4n) is 2.32. The Labute approximate surface area is 190 Å². The molecule has 0 saturated carbocycles. The summed E-state index contributed by atoms with van der Waals surface area (Å²) in [7, 11) is 0. The second-order valence-corrected chi connectivity index (χ2v) is 5.61. The summed E-state index contributed by atoms with van der Waals surface area (Å²) in [6, 6.07) is 23.4. The van der Waals surface area contributed by atoms with Crippen LogP contribution >= 0.6 is 0 Å². The zero-order chi connectivity index (χ0) is 16.1. The molecule has 0 atom stereocenters. The number of carbonyl (C=O) groups is 1. The predicted octanol–water partition coefficient (Wildman–Crippen LogP) is 1.65. The molecule has 3 rings (SSSR count). The topological polar surface area (TPSA) is 26.3 Å². The molecule has 2 nitrogen and oxygen atoms in total. The molecule has 0 aliphatic heterocycles. The molecule has 0 unspecified atom stereocenters. The van der Waals surface area contributed by atoms with E-state index in [1.807, 2.05) is 66.7 Å². The van der Waals surface area contributed by atoms with Gasteiger partial charge < -0.3 is 17.4 Å². The first-order valence-electron chi connectivity index (χ1n) is 7.29. The third-order valence-corrected chi connectivity index (χ3v) is 3.91. The van der Waals surface area contributed by atoms with Crippen LogP contribution in [0.2, 0.25) is 0 Å². The molecule has 3 aromatic carbocycles. The SMILES string of the molecule is O=Cc1ccc(-c2cccc(OCc3ccccc3)c2)cc1[S-].[K+]. The Morgan fingerprint density at radius 2 is 1.62 bits per heavy atom. The average molecular weight is 359 g/mol. The van der Waals surface area contributed by atoms with Crippen molar-refractivity contribution in [3.63, 3.8) is 0 Å². The summed E-state index contributed by atoms with van der Waals surface area (Å²) in [5.41, 5.74) is 3.66. The van der Waals surface area contributed by atoms with E-state index < -0.39 is 0 Å². The Morgan fingerprint density at radius 1 is 0.875 bits per heavy atom. The van der Waals surface area contributed by atoms with Gasteiger partial charge in [0.2, 0.25) is 0 Å². The molecule has 0 fully saturated rings. The van der Waals surface area contributed by atoms with Gasteiger partial charge >= 0.3 is 51.4 Å².